The van der Waals surface area contributed by atoms with Crippen LogP contribution in [0.15, 0.2) is 0 Å². The van der Waals surface area contributed by atoms with Gasteiger partial charge in [-0.15, -0.1) is 0 Å². The minimum atomic E-state index is -4.41. The Balaban J connectivity index is 7.73. The fourth-order valence-electron chi connectivity index (χ4n) is 2.69. The van der Waals surface area contributed by atoms with E-state index < -0.39 is 19.4 Å². The molecule has 0 fully saturated rings. The topological polar surface area (TPSA) is 54.4 Å². The van der Waals surface area contributed by atoms with Crippen molar-refractivity contribution in [2.75, 3.05) is 0 Å². The van der Waals surface area contributed by atoms with Crippen molar-refractivity contribution in [3.63, 3.8) is 0 Å². The van der Waals surface area contributed by atoms with Gasteiger partial charge in [0.15, 0.2) is 0 Å². The fourth-order valence-corrected chi connectivity index (χ4v) is 54.5. The molecule has 0 aliphatic carbocycles. The zero-order valence-electron chi connectivity index (χ0n) is 20.9. The lowest BCUT2D eigenvalue weighted by Gasteiger charge is -2.62. The second-order valence-electron chi connectivity index (χ2n) is 8.96. The van der Waals surface area contributed by atoms with E-state index in [1.807, 2.05) is 45.2 Å². The maximum Gasteiger partial charge on any atom is 0.291 e. The quantitative estimate of drug-likeness (QED) is 0.101. The minimum Gasteiger partial charge on any atom is -0.284 e. The van der Waals surface area contributed by atoms with Crippen molar-refractivity contribution in [1.29, 1.82) is 0 Å². The monoisotopic (exact) mass is 4200 g/mol. The lowest BCUT2D eigenvalue weighted by atomic mass is 10.0. The summed E-state index contributed by atoms with van der Waals surface area (Å²) in [6.07, 6.45) is 0. The second-order valence-corrected chi connectivity index (χ2v) is 97.2. The first-order valence-corrected chi connectivity index (χ1v) is 45.0. The molecular formula is C15HI31O3S. The summed E-state index contributed by atoms with van der Waals surface area (Å²) >= 11 is 80.5. The van der Waals surface area contributed by atoms with Gasteiger partial charge in [0.05, 0.1) is 0 Å². The summed E-state index contributed by atoms with van der Waals surface area (Å²) in [7, 11) is -4.41. The van der Waals surface area contributed by atoms with Crippen molar-refractivity contribution < 1.29 is 13.0 Å². The van der Waals surface area contributed by atoms with Crippen LogP contribution >= 0.6 is 700 Å². The van der Waals surface area contributed by atoms with Gasteiger partial charge in [-0.2, -0.15) is 8.42 Å². The van der Waals surface area contributed by atoms with E-state index >= 15 is 0 Å². The highest BCUT2D eigenvalue weighted by Crippen LogP contribution is 2.84. The molecule has 0 radical (unpaired) electrons. The summed E-state index contributed by atoms with van der Waals surface area (Å²) in [5.74, 6) is 0. The molecule has 35 heteroatoms. The maximum atomic E-state index is 12.8. The molecule has 0 saturated heterocycles. The average molecular weight is 4200 g/mol. The summed E-state index contributed by atoms with van der Waals surface area (Å²) in [4.78, 5) is 0. The molecule has 0 heterocycles. The van der Waals surface area contributed by atoms with Gasteiger partial charge in [0.2, 0.25) is 0.760 Å². The smallest absolute Gasteiger partial charge is 0.284 e. The molecule has 0 rings (SSSR count). The third kappa shape index (κ3) is 13.7. The molecule has 0 bridgehead atoms. The molecule has 302 valence electrons. The first kappa shape index (κ1) is 72.5. The van der Waals surface area contributed by atoms with Crippen molar-refractivity contribution in [2.45, 2.75) is 18.8 Å². The van der Waals surface area contributed by atoms with Crippen LogP contribution in [0.3, 0.4) is 0 Å². The largest absolute Gasteiger partial charge is 0.291 e. The van der Waals surface area contributed by atoms with E-state index in [2.05, 4.69) is 655 Å². The van der Waals surface area contributed by atoms with Gasteiger partial charge in [0, 0.05) is 0 Å². The molecular weight excluding hydrogens is 4190 g/mol. The van der Waals surface area contributed by atoms with E-state index in [1.54, 1.807) is 0 Å². The molecule has 1 N–H and O–H groups in total. The fraction of sp³-hybridized carbons (Fsp3) is 1.00. The van der Waals surface area contributed by atoms with E-state index in [9.17, 15) is 13.0 Å². The van der Waals surface area contributed by atoms with Crippen molar-refractivity contribution in [3.8, 4) is 0 Å². The number of alkyl halides is 31. The van der Waals surface area contributed by atoms with Crippen molar-refractivity contribution in [1.82, 2.24) is 0 Å². The van der Waals surface area contributed by atoms with Gasteiger partial charge in [-0.1, -0.05) is 655 Å². The van der Waals surface area contributed by atoms with E-state index in [1.165, 1.54) is 0 Å². The predicted molar refractivity (Wildman–Crippen MR) is 487 cm³/mol. The summed E-state index contributed by atoms with van der Waals surface area (Å²) in [6.45, 7) is 0. The average Bonchev–Trinajstić information content (AvgIpc) is 2.85. The van der Waals surface area contributed by atoms with Crippen LogP contribution in [0.1, 0.15) is 0 Å². The summed E-state index contributed by atoms with van der Waals surface area (Å²) in [6, 6.07) is 0. The molecule has 0 aromatic carbocycles. The van der Waals surface area contributed by atoms with Gasteiger partial charge in [-0.25, -0.2) is 0 Å². The standard InChI is InChI=1S/C15HI31O3S/c16-1(17,2(18,19)4(22,23)6(26,27)8(30,31)10(34,35)12(38,39)14(42,43)44)3(20,21)5(24,25)7(28,29)9(32,33)11(36,37)13(40,41)15(45,46)50(47,48)49/h(H,47,48,49). The molecule has 0 spiro atoms. The lowest BCUT2D eigenvalue weighted by molar-refractivity contribution is 0.477. The van der Waals surface area contributed by atoms with Gasteiger partial charge < -0.3 is 0 Å². The Labute approximate surface area is 717 Å². The molecule has 0 unspecified atom stereocenters. The van der Waals surface area contributed by atoms with Crippen LogP contribution in [-0.4, -0.2) is 31.7 Å². The van der Waals surface area contributed by atoms with E-state index in [0.717, 1.165) is 0 Å². The zero-order chi connectivity index (χ0) is 42.0. The number of hydrogen-bond donors (Lipinski definition) is 1. The number of hydrogen-bond acceptors (Lipinski definition) is 2. The van der Waals surface area contributed by atoms with Crippen LogP contribution in [0, 0.1) is 0 Å². The van der Waals surface area contributed by atoms with Crippen molar-refractivity contribution in [2.24, 2.45) is 0 Å². The highest BCUT2D eigenvalue weighted by molar-refractivity contribution is 14.3. The molecule has 0 saturated carbocycles. The van der Waals surface area contributed by atoms with Gasteiger partial charge >= 0.3 is 0 Å². The van der Waals surface area contributed by atoms with E-state index in [-0.39, 0.29) is 9.43 Å². The van der Waals surface area contributed by atoms with Gasteiger partial charge in [0.25, 0.3) is 10.1 Å². The maximum absolute atomic E-state index is 12.8. The second kappa shape index (κ2) is 25.3. The molecule has 0 amide bonds. The third-order valence-corrected chi connectivity index (χ3v) is 117. The molecule has 0 aliphatic rings. The molecule has 0 aromatic rings. The van der Waals surface area contributed by atoms with Gasteiger partial charge in [-0.05, 0) is 45.2 Å². The summed E-state index contributed by atoms with van der Waals surface area (Å²) < 4.78 is 29.3. The predicted octanol–water partition coefficient (Wildman–Crippen LogP) is 23.7. The highest BCUT2D eigenvalue weighted by atomic mass is 127. The van der Waals surface area contributed by atoms with Crippen LogP contribution in [0.2, 0.25) is 0 Å². The van der Waals surface area contributed by atoms with Crippen LogP contribution in [0.5, 0.6) is 0 Å². The number of rotatable bonds is 15. The molecule has 0 aliphatic heterocycles. The summed E-state index contributed by atoms with van der Waals surface area (Å²) in [5.41, 5.74) is 0. The third-order valence-electron chi connectivity index (χ3n) is 5.78. The normalized spacial score (nSPS) is 17.4. The zero-order valence-corrected chi connectivity index (χ0v) is 88.6. The highest BCUT2D eigenvalue weighted by Gasteiger charge is 2.83. The van der Waals surface area contributed by atoms with Crippen LogP contribution in [0.4, 0.5) is 0 Å². The van der Waals surface area contributed by atoms with Gasteiger partial charge in [-0.3, -0.25) is 4.55 Å². The molecule has 0 atom stereocenters. The Hall–Kier alpha value is 22.5. The first-order valence-electron chi connectivity index (χ1n) is 10.1. The van der Waals surface area contributed by atoms with E-state index in [4.69, 9.17) is 0 Å². The Bertz CT molecular complexity index is 1380. The Morgan fingerprint density at radius 3 is 0.480 bits per heavy atom. The van der Waals surface area contributed by atoms with Crippen LogP contribution < -0.4 is 0 Å². The summed E-state index contributed by atoms with van der Waals surface area (Å²) in [5, 5.41) is 0. The van der Waals surface area contributed by atoms with E-state index in [0.29, 0.717) is 0 Å². The molecule has 3 nitrogen and oxygen atoms in total. The van der Waals surface area contributed by atoms with Gasteiger partial charge in [0.1, 0.15) is 18.0 Å². The lowest BCUT2D eigenvalue weighted by Crippen LogP contribution is -2.72. The van der Waals surface area contributed by atoms with Crippen LogP contribution in [0.25, 0.3) is 0 Å². The molecule has 50 heavy (non-hydrogen) atoms. The Morgan fingerprint density at radius 1 is 0.240 bits per heavy atom. The minimum absolute atomic E-state index is 0.0392. The van der Waals surface area contributed by atoms with Crippen LogP contribution in [-0.2, 0) is 10.1 Å². The van der Waals surface area contributed by atoms with Crippen molar-refractivity contribution in [3.05, 3.63) is 0 Å². The van der Waals surface area contributed by atoms with Crippen molar-refractivity contribution >= 4 is 710 Å². The Kier molecular flexibility index (Phi) is 36.8. The SMILES string of the molecule is O=S(=O)(O)C(I)(I)C(I)(I)C(I)(I)C(I)(I)C(I)(I)C(I)(I)C(I)(I)C(I)(I)C(I)(I)C(I)(I)C(I)(I)C(I)(I)C(I)(I)C(I)(I)C(I)(I)I. The number of halogens is 31. The molecule has 0 aromatic heterocycles. The first-order chi connectivity index (χ1) is 20.8. The Morgan fingerprint density at radius 2 is 0.360 bits per heavy atom.